The number of anilines is 2. The summed E-state index contributed by atoms with van der Waals surface area (Å²) in [7, 11) is 1.79. The van der Waals surface area contributed by atoms with E-state index in [1.165, 1.54) is 37.4 Å². The van der Waals surface area contributed by atoms with Crippen LogP contribution in [-0.2, 0) is 7.05 Å². The number of nitrogens with one attached hydrogen (secondary N) is 2. The first-order chi connectivity index (χ1) is 18.3. The minimum absolute atomic E-state index is 0.0744. The van der Waals surface area contributed by atoms with Crippen molar-refractivity contribution in [1.29, 1.82) is 0 Å². The molecule has 0 bridgehead atoms. The van der Waals surface area contributed by atoms with E-state index in [9.17, 15) is 9.59 Å². The molecule has 1 aliphatic carbocycles. The molecule has 4 N–H and O–H groups in total. The maximum Gasteiger partial charge on any atom is 0.271 e. The quantitative estimate of drug-likeness (QED) is 0.316. The topological polar surface area (TPSA) is 128 Å². The highest BCUT2D eigenvalue weighted by molar-refractivity contribution is 5.96. The molecule has 1 aromatic carbocycles. The molecule has 2 heterocycles. The Balaban J connectivity index is 0.000000252. The average Bonchev–Trinajstić information content (AvgIpc) is 3.69. The lowest BCUT2D eigenvalue weighted by Crippen LogP contribution is -2.34. The van der Waals surface area contributed by atoms with Gasteiger partial charge in [0.2, 0.25) is 0 Å². The van der Waals surface area contributed by atoms with Crippen molar-refractivity contribution in [1.82, 2.24) is 25.1 Å². The fourth-order valence-corrected chi connectivity index (χ4v) is 3.79. The van der Waals surface area contributed by atoms with Gasteiger partial charge in [0, 0.05) is 31.0 Å². The molecule has 9 nitrogen and oxygen atoms in total. The Bertz CT molecular complexity index is 1150. The zero-order chi connectivity index (χ0) is 28.1. The molecule has 1 fully saturated rings. The largest absolute Gasteiger partial charge is 0.364 e. The molecule has 1 unspecified atom stereocenters. The van der Waals surface area contributed by atoms with Gasteiger partial charge in [-0.25, -0.2) is 9.97 Å². The summed E-state index contributed by atoms with van der Waals surface area (Å²) >= 11 is 0. The standard InChI is InChI=1S/C17H25NO.C10H12N6O.C2H6/c1-3-5-6-16(4-2)18-17(19)15-11-9-14(10-12-15)13-7-8-13;1-6-3-12-8(9(11)17)10(14-6)15-7-4-13-16(2)5-7;1-2/h9-13,16H,3-8H2,1-2H3,(H,18,19);3-5H,1-2H3,(H2,11,17)(H,14,15);1-2H3. The summed E-state index contributed by atoms with van der Waals surface area (Å²) in [5, 5.41) is 10.1. The molecular weight excluding hydrogens is 478 g/mol. The third-order valence-corrected chi connectivity index (χ3v) is 6.05. The second kappa shape index (κ2) is 15.5. The van der Waals surface area contributed by atoms with Crippen molar-refractivity contribution in [3.63, 3.8) is 0 Å². The highest BCUT2D eigenvalue weighted by atomic mass is 16.2. The van der Waals surface area contributed by atoms with E-state index in [0.29, 0.717) is 17.6 Å². The zero-order valence-corrected chi connectivity index (χ0v) is 23.6. The van der Waals surface area contributed by atoms with Gasteiger partial charge in [0.1, 0.15) is 0 Å². The highest BCUT2D eigenvalue weighted by Crippen LogP contribution is 2.39. The fraction of sp³-hybridized carbons (Fsp3) is 0.483. The summed E-state index contributed by atoms with van der Waals surface area (Å²) in [6, 6.07) is 8.47. The molecule has 0 spiro atoms. The molecular formula is C29H43N7O2. The smallest absolute Gasteiger partial charge is 0.271 e. The van der Waals surface area contributed by atoms with E-state index in [1.807, 2.05) is 26.0 Å². The molecule has 2 aromatic heterocycles. The van der Waals surface area contributed by atoms with Crippen LogP contribution in [0.25, 0.3) is 0 Å². The molecule has 206 valence electrons. The van der Waals surface area contributed by atoms with Gasteiger partial charge in [-0.15, -0.1) is 0 Å². The van der Waals surface area contributed by atoms with Gasteiger partial charge in [0.05, 0.1) is 17.6 Å². The summed E-state index contributed by atoms with van der Waals surface area (Å²) in [6.45, 7) is 10.1. The number of benzene rings is 1. The summed E-state index contributed by atoms with van der Waals surface area (Å²) in [4.78, 5) is 31.5. The Morgan fingerprint density at radius 3 is 2.34 bits per heavy atom. The molecule has 3 aromatic rings. The first kappa shape index (κ1) is 30.5. The molecule has 0 saturated heterocycles. The molecule has 2 amide bonds. The van der Waals surface area contributed by atoms with Crippen molar-refractivity contribution in [2.24, 2.45) is 12.8 Å². The van der Waals surface area contributed by atoms with E-state index in [4.69, 9.17) is 5.73 Å². The first-order valence-corrected chi connectivity index (χ1v) is 13.6. The van der Waals surface area contributed by atoms with E-state index in [-0.39, 0.29) is 11.6 Å². The summed E-state index contributed by atoms with van der Waals surface area (Å²) in [5.74, 6) is 0.546. The van der Waals surface area contributed by atoms with Crippen LogP contribution in [0.5, 0.6) is 0 Å². The lowest BCUT2D eigenvalue weighted by atomic mass is 10.1. The molecule has 38 heavy (non-hydrogen) atoms. The lowest BCUT2D eigenvalue weighted by Gasteiger charge is -2.16. The number of carbonyl (C=O) groups is 2. The Labute approximate surface area is 226 Å². The van der Waals surface area contributed by atoms with E-state index in [2.05, 4.69) is 51.7 Å². The van der Waals surface area contributed by atoms with Crippen LogP contribution in [0.4, 0.5) is 11.5 Å². The molecule has 0 aliphatic heterocycles. The van der Waals surface area contributed by atoms with Gasteiger partial charge < -0.3 is 16.4 Å². The third-order valence-electron chi connectivity index (χ3n) is 6.05. The Hall–Kier alpha value is -3.75. The van der Waals surface area contributed by atoms with Crippen LogP contribution in [0, 0.1) is 6.92 Å². The number of nitrogens with two attached hydrogens (primary N) is 1. The molecule has 4 rings (SSSR count). The van der Waals surface area contributed by atoms with Crippen LogP contribution in [-0.4, -0.2) is 37.6 Å². The van der Waals surface area contributed by atoms with Crippen molar-refractivity contribution in [3.05, 3.63) is 65.4 Å². The minimum atomic E-state index is -0.621. The van der Waals surface area contributed by atoms with E-state index in [1.54, 1.807) is 31.0 Å². The third kappa shape index (κ3) is 9.61. The first-order valence-electron chi connectivity index (χ1n) is 13.6. The molecule has 1 aliphatic rings. The van der Waals surface area contributed by atoms with E-state index in [0.717, 1.165) is 30.0 Å². The van der Waals surface area contributed by atoms with Crippen LogP contribution in [0.3, 0.4) is 0 Å². The predicted molar refractivity (Wildman–Crippen MR) is 153 cm³/mol. The Morgan fingerprint density at radius 1 is 1.13 bits per heavy atom. The predicted octanol–water partition coefficient (Wildman–Crippen LogP) is 5.65. The second-order valence-electron chi connectivity index (χ2n) is 9.22. The van der Waals surface area contributed by atoms with Gasteiger partial charge in [-0.3, -0.25) is 14.3 Å². The number of primary amides is 1. The van der Waals surface area contributed by atoms with Crippen LogP contribution in [0.15, 0.2) is 42.9 Å². The average molecular weight is 522 g/mol. The zero-order valence-electron chi connectivity index (χ0n) is 23.6. The monoisotopic (exact) mass is 521 g/mol. The number of hydrogen-bond acceptors (Lipinski definition) is 6. The van der Waals surface area contributed by atoms with Crippen LogP contribution in [0.1, 0.15) is 104 Å². The second-order valence-corrected chi connectivity index (χ2v) is 9.22. The van der Waals surface area contributed by atoms with Gasteiger partial charge in [0.15, 0.2) is 11.5 Å². The Kier molecular flexibility index (Phi) is 12.4. The number of nitrogens with zero attached hydrogens (tertiary/aromatic N) is 4. The number of amides is 2. The lowest BCUT2D eigenvalue weighted by molar-refractivity contribution is 0.0932. The number of aryl methyl sites for hydroxylation is 2. The van der Waals surface area contributed by atoms with Gasteiger partial charge in [-0.2, -0.15) is 5.10 Å². The van der Waals surface area contributed by atoms with Crippen molar-refractivity contribution < 1.29 is 9.59 Å². The SMILES string of the molecule is CC.CCCCC(CC)NC(=O)c1ccc(C2CC2)cc1.Cc1cnc(C(N)=O)c(Nc2cnn(C)c2)n1. The summed E-state index contributed by atoms with van der Waals surface area (Å²) in [5.41, 5.74) is 8.92. The van der Waals surface area contributed by atoms with Crippen molar-refractivity contribution in [3.8, 4) is 0 Å². The molecule has 1 atom stereocenters. The minimum Gasteiger partial charge on any atom is -0.364 e. The Morgan fingerprint density at radius 2 is 1.82 bits per heavy atom. The van der Waals surface area contributed by atoms with Crippen molar-refractivity contribution >= 4 is 23.3 Å². The summed E-state index contributed by atoms with van der Waals surface area (Å²) in [6.07, 6.45) is 11.9. The van der Waals surface area contributed by atoms with Gasteiger partial charge in [-0.1, -0.05) is 52.7 Å². The fourth-order valence-electron chi connectivity index (χ4n) is 3.79. The maximum absolute atomic E-state index is 12.2. The van der Waals surface area contributed by atoms with Crippen LogP contribution < -0.4 is 16.4 Å². The van der Waals surface area contributed by atoms with Crippen molar-refractivity contribution in [2.75, 3.05) is 5.32 Å². The van der Waals surface area contributed by atoms with Crippen LogP contribution >= 0.6 is 0 Å². The van der Waals surface area contributed by atoms with E-state index >= 15 is 0 Å². The number of unbranched alkanes of at least 4 members (excludes halogenated alkanes) is 1. The number of hydrogen-bond donors (Lipinski definition) is 3. The maximum atomic E-state index is 12.2. The van der Waals surface area contributed by atoms with Crippen LogP contribution in [0.2, 0.25) is 0 Å². The summed E-state index contributed by atoms with van der Waals surface area (Å²) < 4.78 is 1.63. The van der Waals surface area contributed by atoms with E-state index < -0.39 is 5.91 Å². The number of aromatic nitrogens is 4. The van der Waals surface area contributed by atoms with Gasteiger partial charge in [-0.05, 0) is 56.2 Å². The normalized spacial score (nSPS) is 12.8. The van der Waals surface area contributed by atoms with Crippen molar-refractivity contribution in [2.45, 2.75) is 85.1 Å². The highest BCUT2D eigenvalue weighted by Gasteiger charge is 2.23. The number of rotatable bonds is 10. The van der Waals surface area contributed by atoms with Gasteiger partial charge in [0.25, 0.3) is 11.8 Å². The molecule has 1 saturated carbocycles. The molecule has 0 radical (unpaired) electrons. The number of carbonyl (C=O) groups excluding carboxylic acids is 2. The van der Waals surface area contributed by atoms with Gasteiger partial charge >= 0.3 is 0 Å². The molecule has 9 heteroatoms.